The number of rotatable bonds is 6. The van der Waals surface area contributed by atoms with Crippen molar-refractivity contribution in [3.05, 3.63) is 75.7 Å². The SMILES string of the molecule is CCNC(=O)c1cccc(CC(=O)Cc2n[nH]c(=O)c3ccccc23)c1. The predicted octanol–water partition coefficient (Wildman–Crippen LogP) is 2.03. The van der Waals surface area contributed by atoms with Crippen LogP contribution in [0.25, 0.3) is 10.8 Å². The number of carbonyl (C=O) groups excluding carboxylic acids is 2. The average molecular weight is 349 g/mol. The topological polar surface area (TPSA) is 91.9 Å². The van der Waals surface area contributed by atoms with Crippen LogP contribution < -0.4 is 10.9 Å². The molecule has 0 atom stereocenters. The molecule has 1 amide bonds. The summed E-state index contributed by atoms with van der Waals surface area (Å²) in [7, 11) is 0. The average Bonchev–Trinajstić information content (AvgIpc) is 2.65. The maximum Gasteiger partial charge on any atom is 0.272 e. The number of Topliss-reactive ketones (excluding diaryl/α,β-unsaturated/α-hetero) is 1. The van der Waals surface area contributed by atoms with Crippen LogP contribution in [-0.4, -0.2) is 28.4 Å². The molecule has 0 saturated carbocycles. The van der Waals surface area contributed by atoms with Gasteiger partial charge in [-0.1, -0.05) is 30.3 Å². The summed E-state index contributed by atoms with van der Waals surface area (Å²) in [5.41, 5.74) is 1.58. The lowest BCUT2D eigenvalue weighted by atomic mass is 10.0. The summed E-state index contributed by atoms with van der Waals surface area (Å²) in [6.45, 7) is 2.40. The van der Waals surface area contributed by atoms with Crippen LogP contribution >= 0.6 is 0 Å². The number of aromatic amines is 1. The van der Waals surface area contributed by atoms with Crippen molar-refractivity contribution in [2.24, 2.45) is 0 Å². The first kappa shape index (κ1) is 17.5. The van der Waals surface area contributed by atoms with Crippen LogP contribution in [0.3, 0.4) is 0 Å². The van der Waals surface area contributed by atoms with Gasteiger partial charge >= 0.3 is 0 Å². The Hall–Kier alpha value is -3.28. The number of H-pyrrole nitrogens is 1. The Kier molecular flexibility index (Phi) is 5.22. The molecule has 0 fully saturated rings. The van der Waals surface area contributed by atoms with E-state index in [9.17, 15) is 14.4 Å². The largest absolute Gasteiger partial charge is 0.352 e. The van der Waals surface area contributed by atoms with Crippen LogP contribution in [0.4, 0.5) is 0 Å². The maximum atomic E-state index is 12.5. The highest BCUT2D eigenvalue weighted by atomic mass is 16.1. The fourth-order valence-corrected chi connectivity index (χ4v) is 2.87. The Balaban J connectivity index is 1.78. The van der Waals surface area contributed by atoms with Gasteiger partial charge in [0.05, 0.1) is 17.5 Å². The number of nitrogens with one attached hydrogen (secondary N) is 2. The van der Waals surface area contributed by atoms with Gasteiger partial charge in [0, 0.05) is 23.9 Å². The Labute approximate surface area is 150 Å². The Morgan fingerprint density at radius 1 is 1.04 bits per heavy atom. The lowest BCUT2D eigenvalue weighted by molar-refractivity contribution is -0.117. The van der Waals surface area contributed by atoms with E-state index in [4.69, 9.17) is 0 Å². The van der Waals surface area contributed by atoms with Crippen molar-refractivity contribution in [1.82, 2.24) is 15.5 Å². The molecule has 0 aliphatic rings. The molecule has 0 saturated heterocycles. The molecule has 1 aromatic heterocycles. The van der Waals surface area contributed by atoms with Crippen molar-refractivity contribution in [3.8, 4) is 0 Å². The van der Waals surface area contributed by atoms with E-state index < -0.39 is 0 Å². The highest BCUT2D eigenvalue weighted by Crippen LogP contribution is 2.14. The van der Waals surface area contributed by atoms with E-state index in [1.165, 1.54) is 0 Å². The van der Waals surface area contributed by atoms with Gasteiger partial charge in [0.1, 0.15) is 5.78 Å². The van der Waals surface area contributed by atoms with Crippen molar-refractivity contribution in [2.45, 2.75) is 19.8 Å². The molecule has 0 spiro atoms. The molecule has 2 N–H and O–H groups in total. The summed E-state index contributed by atoms with van der Waals surface area (Å²) < 4.78 is 0. The second-order valence-electron chi connectivity index (χ2n) is 6.00. The van der Waals surface area contributed by atoms with Gasteiger partial charge in [0.15, 0.2) is 0 Å². The van der Waals surface area contributed by atoms with Crippen LogP contribution in [-0.2, 0) is 17.6 Å². The third kappa shape index (κ3) is 3.85. The van der Waals surface area contributed by atoms with E-state index in [0.29, 0.717) is 28.6 Å². The molecule has 3 aromatic rings. The second-order valence-corrected chi connectivity index (χ2v) is 6.00. The summed E-state index contributed by atoms with van der Waals surface area (Å²) in [4.78, 5) is 36.2. The van der Waals surface area contributed by atoms with Crippen LogP contribution in [0.15, 0.2) is 53.3 Å². The normalized spacial score (nSPS) is 10.7. The minimum absolute atomic E-state index is 0.0391. The fraction of sp³-hybridized carbons (Fsp3) is 0.200. The third-order valence-corrected chi connectivity index (χ3v) is 4.07. The van der Waals surface area contributed by atoms with Gasteiger partial charge in [-0.25, -0.2) is 5.10 Å². The van der Waals surface area contributed by atoms with E-state index in [0.717, 1.165) is 5.56 Å². The molecule has 0 aliphatic carbocycles. The quantitative estimate of drug-likeness (QED) is 0.712. The number of amides is 1. The van der Waals surface area contributed by atoms with Gasteiger partial charge in [-0.2, -0.15) is 5.10 Å². The molecule has 3 rings (SSSR count). The Morgan fingerprint density at radius 3 is 2.58 bits per heavy atom. The molecule has 26 heavy (non-hydrogen) atoms. The first-order valence-electron chi connectivity index (χ1n) is 8.43. The number of nitrogens with zero attached hydrogens (tertiary/aromatic N) is 1. The molecule has 0 aliphatic heterocycles. The zero-order valence-electron chi connectivity index (χ0n) is 14.4. The van der Waals surface area contributed by atoms with Gasteiger partial charge in [0.25, 0.3) is 11.5 Å². The van der Waals surface area contributed by atoms with E-state index in [-0.39, 0.29) is 30.1 Å². The number of hydrogen-bond acceptors (Lipinski definition) is 4. The van der Waals surface area contributed by atoms with Crippen molar-refractivity contribution in [1.29, 1.82) is 0 Å². The monoisotopic (exact) mass is 349 g/mol. The zero-order valence-corrected chi connectivity index (χ0v) is 14.4. The number of aromatic nitrogens is 2. The summed E-state index contributed by atoms with van der Waals surface area (Å²) in [5.74, 6) is -0.196. The summed E-state index contributed by atoms with van der Waals surface area (Å²) in [6, 6.07) is 14.1. The number of ketones is 1. The number of fused-ring (bicyclic) bond motifs is 1. The summed E-state index contributed by atoms with van der Waals surface area (Å²) in [5, 5.41) is 10.4. The van der Waals surface area contributed by atoms with Crippen LogP contribution in [0.2, 0.25) is 0 Å². The van der Waals surface area contributed by atoms with E-state index in [2.05, 4.69) is 15.5 Å². The molecule has 0 unspecified atom stereocenters. The lowest BCUT2D eigenvalue weighted by Gasteiger charge is -2.06. The Morgan fingerprint density at radius 2 is 1.81 bits per heavy atom. The minimum atomic E-state index is -0.272. The fourth-order valence-electron chi connectivity index (χ4n) is 2.87. The maximum absolute atomic E-state index is 12.5. The smallest absolute Gasteiger partial charge is 0.272 e. The predicted molar refractivity (Wildman–Crippen MR) is 99.2 cm³/mol. The Bertz CT molecular complexity index is 1020. The van der Waals surface area contributed by atoms with Crippen molar-refractivity contribution in [3.63, 3.8) is 0 Å². The van der Waals surface area contributed by atoms with E-state index >= 15 is 0 Å². The molecule has 6 heteroatoms. The second kappa shape index (κ2) is 7.74. The zero-order chi connectivity index (χ0) is 18.5. The highest BCUT2D eigenvalue weighted by molar-refractivity contribution is 5.95. The van der Waals surface area contributed by atoms with Gasteiger partial charge in [-0.05, 0) is 30.7 Å². The summed E-state index contributed by atoms with van der Waals surface area (Å²) in [6.07, 6.45) is 0.311. The first-order valence-corrected chi connectivity index (χ1v) is 8.43. The molecule has 0 radical (unpaired) electrons. The lowest BCUT2D eigenvalue weighted by Crippen LogP contribution is -2.22. The molecule has 0 bridgehead atoms. The highest BCUT2D eigenvalue weighted by Gasteiger charge is 2.12. The standard InChI is InChI=1S/C20H19N3O3/c1-2-21-19(25)14-7-5-6-13(10-14)11-15(24)12-18-16-8-3-4-9-17(16)20(26)23-22-18/h3-10H,2,11-12H2,1H3,(H,21,25)(H,23,26). The molecule has 132 valence electrons. The third-order valence-electron chi connectivity index (χ3n) is 4.07. The molecular formula is C20H19N3O3. The van der Waals surface area contributed by atoms with Gasteiger partial charge < -0.3 is 5.32 Å². The van der Waals surface area contributed by atoms with Crippen molar-refractivity contribution >= 4 is 22.5 Å². The van der Waals surface area contributed by atoms with Crippen molar-refractivity contribution < 1.29 is 9.59 Å². The number of hydrogen-bond donors (Lipinski definition) is 2. The summed E-state index contributed by atoms with van der Waals surface area (Å²) >= 11 is 0. The first-order chi connectivity index (χ1) is 12.6. The van der Waals surface area contributed by atoms with Crippen molar-refractivity contribution in [2.75, 3.05) is 6.54 Å². The minimum Gasteiger partial charge on any atom is -0.352 e. The van der Waals surface area contributed by atoms with E-state index in [1.807, 2.05) is 19.1 Å². The molecule has 6 nitrogen and oxygen atoms in total. The van der Waals surface area contributed by atoms with Crippen LogP contribution in [0.5, 0.6) is 0 Å². The molecular weight excluding hydrogens is 330 g/mol. The molecule has 2 aromatic carbocycles. The van der Waals surface area contributed by atoms with Crippen LogP contribution in [0, 0.1) is 0 Å². The number of benzene rings is 2. The van der Waals surface area contributed by atoms with Gasteiger partial charge in [-0.15, -0.1) is 0 Å². The van der Waals surface area contributed by atoms with E-state index in [1.54, 1.807) is 36.4 Å². The van der Waals surface area contributed by atoms with Gasteiger partial charge in [0.2, 0.25) is 0 Å². The molecule has 1 heterocycles. The van der Waals surface area contributed by atoms with Gasteiger partial charge in [-0.3, -0.25) is 14.4 Å². The number of carbonyl (C=O) groups is 2. The van der Waals surface area contributed by atoms with Crippen LogP contribution in [0.1, 0.15) is 28.5 Å².